The molecule has 0 saturated carbocycles. The normalized spacial score (nSPS) is 11.4. The highest BCUT2D eigenvalue weighted by molar-refractivity contribution is 7.21. The number of nitrogens with zero attached hydrogens (tertiary/aromatic N) is 6. The zero-order chi connectivity index (χ0) is 35.1. The lowest BCUT2D eigenvalue weighted by Gasteiger charge is -2.11. The number of rotatable bonds is 6. The second-order valence-corrected chi connectivity index (χ2v) is 13.8. The molecule has 0 radical (unpaired) electrons. The molecule has 0 aliphatic heterocycles. The van der Waals surface area contributed by atoms with Crippen molar-refractivity contribution in [3.63, 3.8) is 0 Å². The van der Waals surface area contributed by atoms with Gasteiger partial charge < -0.3 is 0 Å². The molecule has 10 rings (SSSR count). The number of hydrogen-bond donors (Lipinski definition) is 0. The van der Waals surface area contributed by atoms with Crippen LogP contribution >= 0.6 is 11.3 Å². The van der Waals surface area contributed by atoms with E-state index in [1.807, 2.05) is 97.6 Å². The molecule has 5 heterocycles. The number of hydrogen-bond acceptors (Lipinski definition) is 7. The van der Waals surface area contributed by atoms with Gasteiger partial charge in [0.05, 0.1) is 32.5 Å². The van der Waals surface area contributed by atoms with E-state index in [-0.39, 0.29) is 0 Å². The van der Waals surface area contributed by atoms with Crippen molar-refractivity contribution in [1.29, 1.82) is 0 Å². The molecule has 5 aromatic heterocycles. The van der Waals surface area contributed by atoms with Gasteiger partial charge in [-0.1, -0.05) is 121 Å². The van der Waals surface area contributed by atoms with E-state index in [1.54, 1.807) is 11.3 Å². The standard InChI is InChI=1S/C46H28N6S/c1-5-13-29(14-6-1)37-25-38(30-15-7-2-8-16-30)50-45(49-37)43-41-33-21-23-47-27-35(33)36-28-48-24-22-34(36)42(41)44(53-43)46-51-39(31-17-9-3-10-18-31)26-40(52-46)32-19-11-4-12-20-32/h1-28H. The quantitative estimate of drug-likeness (QED) is 0.161. The highest BCUT2D eigenvalue weighted by Gasteiger charge is 2.25. The third kappa shape index (κ3) is 5.51. The molecule has 7 heteroatoms. The number of pyridine rings is 2. The van der Waals surface area contributed by atoms with Crippen LogP contribution in [-0.2, 0) is 0 Å². The molecule has 0 unspecified atom stereocenters. The van der Waals surface area contributed by atoms with E-state index in [2.05, 4.69) is 82.8 Å². The summed E-state index contributed by atoms with van der Waals surface area (Å²) in [6.45, 7) is 0. The number of aromatic nitrogens is 6. The van der Waals surface area contributed by atoms with Crippen molar-refractivity contribution in [2.45, 2.75) is 0 Å². The minimum atomic E-state index is 0.639. The van der Waals surface area contributed by atoms with Crippen LogP contribution in [0.3, 0.4) is 0 Å². The van der Waals surface area contributed by atoms with Crippen LogP contribution < -0.4 is 0 Å². The maximum atomic E-state index is 5.30. The molecule has 0 saturated heterocycles. The van der Waals surface area contributed by atoms with Crippen molar-refractivity contribution >= 4 is 43.7 Å². The Kier molecular flexibility index (Phi) is 7.55. The predicted molar refractivity (Wildman–Crippen MR) is 216 cm³/mol. The molecule has 0 spiro atoms. The fraction of sp³-hybridized carbons (Fsp3) is 0. The lowest BCUT2D eigenvalue weighted by Crippen LogP contribution is -1.95. The van der Waals surface area contributed by atoms with Crippen LogP contribution in [-0.4, -0.2) is 29.9 Å². The van der Waals surface area contributed by atoms with Gasteiger partial charge in [-0.25, -0.2) is 19.9 Å². The predicted octanol–water partition coefficient (Wildman–Crippen LogP) is 11.6. The van der Waals surface area contributed by atoms with E-state index in [0.29, 0.717) is 11.6 Å². The average molecular weight is 697 g/mol. The lowest BCUT2D eigenvalue weighted by molar-refractivity contribution is 1.19. The van der Waals surface area contributed by atoms with Crippen molar-refractivity contribution in [2.24, 2.45) is 0 Å². The second-order valence-electron chi connectivity index (χ2n) is 12.7. The van der Waals surface area contributed by atoms with E-state index in [4.69, 9.17) is 19.9 Å². The van der Waals surface area contributed by atoms with Gasteiger partial charge in [-0.05, 0) is 35.0 Å². The summed E-state index contributed by atoms with van der Waals surface area (Å²) >= 11 is 1.63. The van der Waals surface area contributed by atoms with Gasteiger partial charge in [-0.15, -0.1) is 11.3 Å². The van der Waals surface area contributed by atoms with Gasteiger partial charge in [0.15, 0.2) is 11.6 Å². The molecule has 248 valence electrons. The highest BCUT2D eigenvalue weighted by atomic mass is 32.1. The fourth-order valence-electron chi connectivity index (χ4n) is 7.04. The average Bonchev–Trinajstić information content (AvgIpc) is 3.66. The van der Waals surface area contributed by atoms with Crippen LogP contribution in [0.15, 0.2) is 170 Å². The van der Waals surface area contributed by atoms with Gasteiger partial charge in [0.1, 0.15) is 0 Å². The first kappa shape index (κ1) is 30.8. The summed E-state index contributed by atoms with van der Waals surface area (Å²) < 4.78 is 0. The van der Waals surface area contributed by atoms with Crippen LogP contribution in [0.1, 0.15) is 0 Å². The molecular weight excluding hydrogens is 669 g/mol. The summed E-state index contributed by atoms with van der Waals surface area (Å²) in [6, 6.07) is 49.5. The van der Waals surface area contributed by atoms with E-state index in [0.717, 1.165) is 87.1 Å². The minimum absolute atomic E-state index is 0.639. The molecule has 53 heavy (non-hydrogen) atoms. The molecule has 0 amide bonds. The van der Waals surface area contributed by atoms with Gasteiger partial charge in [-0.2, -0.15) is 0 Å². The maximum Gasteiger partial charge on any atom is 0.171 e. The van der Waals surface area contributed by atoms with Crippen molar-refractivity contribution in [2.75, 3.05) is 0 Å². The van der Waals surface area contributed by atoms with Crippen molar-refractivity contribution in [3.8, 4) is 66.4 Å². The lowest BCUT2D eigenvalue weighted by atomic mass is 9.96. The van der Waals surface area contributed by atoms with Crippen LogP contribution in [0.25, 0.3) is 98.7 Å². The monoisotopic (exact) mass is 696 g/mol. The summed E-state index contributed by atoms with van der Waals surface area (Å²) in [6.07, 6.45) is 7.55. The van der Waals surface area contributed by atoms with E-state index in [9.17, 15) is 0 Å². The van der Waals surface area contributed by atoms with Gasteiger partial charge in [0.25, 0.3) is 0 Å². The molecular formula is C46H28N6S. The zero-order valence-electron chi connectivity index (χ0n) is 28.3. The SMILES string of the molecule is c1ccc(-c2cc(-c3ccccc3)nc(-c3sc(-c4nc(-c5ccccc5)cc(-c5ccccc5)n4)c4c5ccncc5c5cnccc5c34)n2)cc1. The van der Waals surface area contributed by atoms with E-state index in [1.165, 1.54) is 0 Å². The first-order valence-electron chi connectivity index (χ1n) is 17.3. The molecule has 0 bridgehead atoms. The van der Waals surface area contributed by atoms with Crippen LogP contribution in [0, 0.1) is 0 Å². The van der Waals surface area contributed by atoms with Crippen LogP contribution in [0.2, 0.25) is 0 Å². The minimum Gasteiger partial charge on any atom is -0.264 e. The smallest absolute Gasteiger partial charge is 0.171 e. The van der Waals surface area contributed by atoms with E-state index >= 15 is 0 Å². The highest BCUT2D eigenvalue weighted by Crippen LogP contribution is 2.49. The Hall–Kier alpha value is -6.96. The third-order valence-corrected chi connectivity index (χ3v) is 10.7. The topological polar surface area (TPSA) is 77.3 Å². The Morgan fingerprint density at radius 2 is 0.660 bits per heavy atom. The molecule has 0 aliphatic rings. The Morgan fingerprint density at radius 3 is 0.981 bits per heavy atom. The van der Waals surface area contributed by atoms with Gasteiger partial charge in [-0.3, -0.25) is 9.97 Å². The van der Waals surface area contributed by atoms with E-state index < -0.39 is 0 Å². The molecule has 0 N–H and O–H groups in total. The van der Waals surface area contributed by atoms with Gasteiger partial charge in [0.2, 0.25) is 0 Å². The number of fused-ring (bicyclic) bond motifs is 6. The van der Waals surface area contributed by atoms with Crippen molar-refractivity contribution in [1.82, 2.24) is 29.9 Å². The Labute approximate surface area is 309 Å². The summed E-state index contributed by atoms with van der Waals surface area (Å²) in [7, 11) is 0. The zero-order valence-corrected chi connectivity index (χ0v) is 29.1. The van der Waals surface area contributed by atoms with Gasteiger partial charge >= 0.3 is 0 Å². The maximum absolute atomic E-state index is 5.30. The summed E-state index contributed by atoms with van der Waals surface area (Å²) in [5.74, 6) is 1.28. The molecule has 0 fully saturated rings. The largest absolute Gasteiger partial charge is 0.264 e. The van der Waals surface area contributed by atoms with Crippen LogP contribution in [0.5, 0.6) is 0 Å². The Morgan fingerprint density at radius 1 is 0.340 bits per heavy atom. The Bertz CT molecular complexity index is 2620. The first-order valence-corrected chi connectivity index (χ1v) is 18.2. The molecule has 5 aromatic carbocycles. The molecule has 10 aromatic rings. The third-order valence-electron chi connectivity index (χ3n) is 9.52. The molecule has 0 aliphatic carbocycles. The Balaban J connectivity index is 1.33. The van der Waals surface area contributed by atoms with Crippen molar-refractivity contribution < 1.29 is 0 Å². The molecule has 6 nitrogen and oxygen atoms in total. The van der Waals surface area contributed by atoms with Crippen LogP contribution in [0.4, 0.5) is 0 Å². The second kappa shape index (κ2) is 13.0. The summed E-state index contributed by atoms with van der Waals surface area (Å²) in [5.41, 5.74) is 7.48. The van der Waals surface area contributed by atoms with Crippen molar-refractivity contribution in [3.05, 3.63) is 170 Å². The first-order chi connectivity index (χ1) is 26.3. The number of thiophene rings is 1. The summed E-state index contributed by atoms with van der Waals surface area (Å²) in [4.78, 5) is 32.2. The molecule has 0 atom stereocenters. The summed E-state index contributed by atoms with van der Waals surface area (Å²) in [5, 5.41) is 6.21. The van der Waals surface area contributed by atoms with Gasteiger partial charge in [0, 0.05) is 68.6 Å². The fourth-order valence-corrected chi connectivity index (χ4v) is 8.24. The number of benzene rings is 5.